The molecule has 0 saturated carbocycles. The van der Waals surface area contributed by atoms with E-state index in [1.165, 1.54) is 13.0 Å². The Bertz CT molecular complexity index is 453. The minimum Gasteiger partial charge on any atom is -0.497 e. The van der Waals surface area contributed by atoms with Crippen LogP contribution < -0.4 is 14.8 Å². The Morgan fingerprint density at radius 2 is 2.19 bits per heavy atom. The molecule has 2 rings (SSSR count). The fourth-order valence-electron chi connectivity index (χ4n) is 2.83. The van der Waals surface area contributed by atoms with E-state index >= 15 is 0 Å². The molecule has 1 heterocycles. The lowest BCUT2D eigenvalue weighted by Crippen LogP contribution is -2.28. The van der Waals surface area contributed by atoms with Gasteiger partial charge in [-0.15, -0.1) is 0 Å². The van der Waals surface area contributed by atoms with Gasteiger partial charge in [-0.2, -0.15) is 0 Å². The normalized spacial score (nSPS) is 20.5. The lowest BCUT2D eigenvalue weighted by atomic mass is 10.1. The maximum atomic E-state index is 10.4. The third-order valence-corrected chi connectivity index (χ3v) is 4.06. The molecule has 1 fully saturated rings. The molecule has 5 heteroatoms. The van der Waals surface area contributed by atoms with Crippen LogP contribution in [0.4, 0.5) is 0 Å². The predicted molar refractivity (Wildman–Crippen MR) is 83.0 cm³/mol. The molecule has 1 saturated heterocycles. The second kappa shape index (κ2) is 7.64. The number of hydrogen-bond acceptors (Lipinski definition) is 5. The number of aliphatic hydroxyl groups excluding tert-OH is 1. The van der Waals surface area contributed by atoms with Gasteiger partial charge in [0, 0.05) is 18.7 Å². The van der Waals surface area contributed by atoms with E-state index in [1.54, 1.807) is 14.2 Å². The molecular weight excluding hydrogens is 268 g/mol. The highest BCUT2D eigenvalue weighted by Gasteiger charge is 2.20. The summed E-state index contributed by atoms with van der Waals surface area (Å²) in [7, 11) is 5.38. The Hall–Kier alpha value is -1.30. The molecule has 1 aliphatic heterocycles. The smallest absolute Gasteiger partial charge is 0.124 e. The zero-order valence-corrected chi connectivity index (χ0v) is 13.1. The van der Waals surface area contributed by atoms with Crippen LogP contribution in [0.15, 0.2) is 18.2 Å². The summed E-state index contributed by atoms with van der Waals surface area (Å²) in [6.07, 6.45) is 0.622. The second-order valence-corrected chi connectivity index (χ2v) is 5.70. The van der Waals surface area contributed by atoms with Gasteiger partial charge in [-0.25, -0.2) is 0 Å². The molecule has 21 heavy (non-hydrogen) atoms. The van der Waals surface area contributed by atoms with Gasteiger partial charge in [0.2, 0.25) is 0 Å². The van der Waals surface area contributed by atoms with E-state index in [4.69, 9.17) is 9.47 Å². The van der Waals surface area contributed by atoms with Crippen molar-refractivity contribution in [2.75, 3.05) is 47.4 Å². The van der Waals surface area contributed by atoms with Gasteiger partial charge in [-0.3, -0.25) is 0 Å². The number of hydrogen-bond donors (Lipinski definition) is 2. The summed E-state index contributed by atoms with van der Waals surface area (Å²) in [4.78, 5) is 2.34. The predicted octanol–water partition coefficient (Wildman–Crippen LogP) is 1.28. The lowest BCUT2D eigenvalue weighted by molar-refractivity contribution is 0.168. The zero-order chi connectivity index (χ0) is 15.2. The van der Waals surface area contributed by atoms with E-state index in [0.717, 1.165) is 24.4 Å². The first kappa shape index (κ1) is 16.1. The Balaban J connectivity index is 1.88. The van der Waals surface area contributed by atoms with Crippen molar-refractivity contribution >= 4 is 0 Å². The molecule has 2 N–H and O–H groups in total. The first-order chi connectivity index (χ1) is 10.1. The molecule has 1 aromatic carbocycles. The number of rotatable bonds is 7. The number of aliphatic hydroxyl groups is 1. The van der Waals surface area contributed by atoms with Crippen molar-refractivity contribution in [3.05, 3.63) is 23.8 Å². The Morgan fingerprint density at radius 1 is 1.38 bits per heavy atom. The molecule has 0 aromatic heterocycles. The molecule has 0 amide bonds. The van der Waals surface area contributed by atoms with E-state index in [-0.39, 0.29) is 0 Å². The fraction of sp³-hybridized carbons (Fsp3) is 0.625. The fourth-order valence-corrected chi connectivity index (χ4v) is 2.83. The summed E-state index contributed by atoms with van der Waals surface area (Å²) < 4.78 is 10.5. The average Bonchev–Trinajstić information content (AvgIpc) is 2.91. The van der Waals surface area contributed by atoms with Crippen molar-refractivity contribution in [3.8, 4) is 11.5 Å². The van der Waals surface area contributed by atoms with Gasteiger partial charge in [-0.05, 0) is 50.7 Å². The highest BCUT2D eigenvalue weighted by Crippen LogP contribution is 2.29. The van der Waals surface area contributed by atoms with Gasteiger partial charge < -0.3 is 24.8 Å². The molecular formula is C16H26N2O3. The van der Waals surface area contributed by atoms with E-state index in [0.29, 0.717) is 18.2 Å². The SMILES string of the molecule is COc1ccc(OC)c(C(O)CNCC2CCN(C)C2)c1. The van der Waals surface area contributed by atoms with Crippen LogP contribution >= 0.6 is 0 Å². The van der Waals surface area contributed by atoms with Crippen molar-refractivity contribution in [3.63, 3.8) is 0 Å². The van der Waals surface area contributed by atoms with E-state index in [9.17, 15) is 5.11 Å². The van der Waals surface area contributed by atoms with Gasteiger partial charge in [-0.1, -0.05) is 0 Å². The van der Waals surface area contributed by atoms with Gasteiger partial charge in [0.1, 0.15) is 11.5 Å². The number of ether oxygens (including phenoxy) is 2. The topological polar surface area (TPSA) is 54.0 Å². The van der Waals surface area contributed by atoms with Crippen LogP contribution in [0.5, 0.6) is 11.5 Å². The van der Waals surface area contributed by atoms with Crippen LogP contribution in [0.3, 0.4) is 0 Å². The molecule has 1 aromatic rings. The number of benzene rings is 1. The maximum Gasteiger partial charge on any atom is 0.124 e. The van der Waals surface area contributed by atoms with Crippen LogP contribution in [-0.4, -0.2) is 57.5 Å². The standard InChI is InChI=1S/C16H26N2O3/c1-18-7-6-12(11-18)9-17-10-15(19)14-8-13(20-2)4-5-16(14)21-3/h4-5,8,12,15,17,19H,6-7,9-11H2,1-3H3. The molecule has 2 atom stereocenters. The highest BCUT2D eigenvalue weighted by molar-refractivity contribution is 5.41. The minimum absolute atomic E-state index is 0.518. The maximum absolute atomic E-state index is 10.4. The second-order valence-electron chi connectivity index (χ2n) is 5.70. The third-order valence-electron chi connectivity index (χ3n) is 4.06. The van der Waals surface area contributed by atoms with Crippen LogP contribution in [-0.2, 0) is 0 Å². The molecule has 0 bridgehead atoms. The Labute approximate surface area is 126 Å². The molecule has 0 spiro atoms. The summed E-state index contributed by atoms with van der Waals surface area (Å²) in [6.45, 7) is 3.75. The summed E-state index contributed by atoms with van der Waals surface area (Å²) in [6, 6.07) is 5.48. The van der Waals surface area contributed by atoms with Crippen LogP contribution in [0.25, 0.3) is 0 Å². The van der Waals surface area contributed by atoms with Gasteiger partial charge in [0.25, 0.3) is 0 Å². The first-order valence-corrected chi connectivity index (χ1v) is 7.43. The number of nitrogens with one attached hydrogen (secondary N) is 1. The lowest BCUT2D eigenvalue weighted by Gasteiger charge is -2.18. The first-order valence-electron chi connectivity index (χ1n) is 7.43. The Morgan fingerprint density at radius 3 is 2.81 bits per heavy atom. The van der Waals surface area contributed by atoms with Crippen molar-refractivity contribution in [1.82, 2.24) is 10.2 Å². The number of likely N-dealkylation sites (tertiary alicyclic amines) is 1. The Kier molecular flexibility index (Phi) is 5.85. The molecule has 2 unspecified atom stereocenters. The quantitative estimate of drug-likeness (QED) is 0.793. The van der Waals surface area contributed by atoms with Gasteiger partial charge in [0.15, 0.2) is 0 Å². The van der Waals surface area contributed by atoms with E-state index in [1.807, 2.05) is 18.2 Å². The van der Waals surface area contributed by atoms with E-state index < -0.39 is 6.10 Å². The molecule has 0 radical (unpaired) electrons. The van der Waals surface area contributed by atoms with Gasteiger partial charge >= 0.3 is 0 Å². The third kappa shape index (κ3) is 4.33. The van der Waals surface area contributed by atoms with Gasteiger partial charge in [0.05, 0.1) is 20.3 Å². The number of methoxy groups -OCH3 is 2. The molecule has 0 aliphatic carbocycles. The van der Waals surface area contributed by atoms with Crippen LogP contribution in [0.1, 0.15) is 18.1 Å². The largest absolute Gasteiger partial charge is 0.497 e. The highest BCUT2D eigenvalue weighted by atomic mass is 16.5. The summed E-state index contributed by atoms with van der Waals surface area (Å²) in [5, 5.41) is 13.7. The molecule has 1 aliphatic rings. The summed E-state index contributed by atoms with van der Waals surface area (Å²) in [5.41, 5.74) is 0.757. The van der Waals surface area contributed by atoms with Crippen molar-refractivity contribution in [2.45, 2.75) is 12.5 Å². The van der Waals surface area contributed by atoms with Crippen LogP contribution in [0.2, 0.25) is 0 Å². The monoisotopic (exact) mass is 294 g/mol. The van der Waals surface area contributed by atoms with Crippen molar-refractivity contribution < 1.29 is 14.6 Å². The average molecular weight is 294 g/mol. The molecule has 5 nitrogen and oxygen atoms in total. The van der Waals surface area contributed by atoms with Crippen molar-refractivity contribution in [2.24, 2.45) is 5.92 Å². The molecule has 118 valence electrons. The summed E-state index contributed by atoms with van der Waals surface area (Å²) >= 11 is 0. The number of nitrogens with zero attached hydrogens (tertiary/aromatic N) is 1. The zero-order valence-electron chi connectivity index (χ0n) is 13.1. The minimum atomic E-state index is -0.603. The van der Waals surface area contributed by atoms with Crippen LogP contribution in [0, 0.1) is 5.92 Å². The van der Waals surface area contributed by atoms with E-state index in [2.05, 4.69) is 17.3 Å². The van der Waals surface area contributed by atoms with Crippen molar-refractivity contribution in [1.29, 1.82) is 0 Å². The summed E-state index contributed by atoms with van der Waals surface area (Å²) in [5.74, 6) is 2.09.